The third-order valence-electron chi connectivity index (χ3n) is 5.61. The number of anilines is 4. The van der Waals surface area contributed by atoms with Crippen molar-refractivity contribution in [1.29, 1.82) is 0 Å². The van der Waals surface area contributed by atoms with Gasteiger partial charge in [-0.15, -0.1) is 0 Å². The Morgan fingerprint density at radius 2 is 2.06 bits per heavy atom. The molecule has 1 aliphatic rings. The van der Waals surface area contributed by atoms with E-state index >= 15 is 0 Å². The van der Waals surface area contributed by atoms with Crippen molar-refractivity contribution in [3.8, 4) is 0 Å². The molecule has 1 aliphatic heterocycles. The molecule has 1 saturated heterocycles. The Balaban J connectivity index is 1.58. The second kappa shape index (κ2) is 10.0. The van der Waals surface area contributed by atoms with Gasteiger partial charge in [0.1, 0.15) is 10.8 Å². The van der Waals surface area contributed by atoms with E-state index in [1.54, 1.807) is 24.3 Å². The predicted octanol–water partition coefficient (Wildman–Crippen LogP) is 1.43. The van der Waals surface area contributed by atoms with Gasteiger partial charge in [0.25, 0.3) is 11.8 Å². The third kappa shape index (κ3) is 5.07. The molecule has 34 heavy (non-hydrogen) atoms. The van der Waals surface area contributed by atoms with Crippen LogP contribution in [0.3, 0.4) is 0 Å². The molecule has 2 aromatic heterocycles. The van der Waals surface area contributed by atoms with Crippen LogP contribution in [0.5, 0.6) is 0 Å². The highest BCUT2D eigenvalue weighted by Crippen LogP contribution is 2.28. The number of benzene rings is 1. The van der Waals surface area contributed by atoms with Crippen molar-refractivity contribution >= 4 is 45.7 Å². The van der Waals surface area contributed by atoms with Crippen LogP contribution < -0.4 is 27.0 Å². The first-order chi connectivity index (χ1) is 16.4. The zero-order chi connectivity index (χ0) is 24.2. The summed E-state index contributed by atoms with van der Waals surface area (Å²) in [5.74, 6) is -0.297. The monoisotopic (exact) mass is 482 g/mol. The number of nitrogens with two attached hydrogens (primary N) is 2. The number of aryl methyl sites for hydroxylation is 1. The van der Waals surface area contributed by atoms with Crippen LogP contribution >= 0.6 is 11.5 Å². The highest BCUT2D eigenvalue weighted by atomic mass is 32.1. The maximum absolute atomic E-state index is 12.8. The van der Waals surface area contributed by atoms with E-state index in [2.05, 4.69) is 25.0 Å². The normalized spacial score (nSPS) is 17.9. The van der Waals surface area contributed by atoms with Gasteiger partial charge in [-0.1, -0.05) is 0 Å². The van der Waals surface area contributed by atoms with Crippen LogP contribution in [0.4, 0.5) is 22.3 Å². The molecule has 4 rings (SSSR count). The fourth-order valence-electron chi connectivity index (χ4n) is 3.95. The zero-order valence-corrected chi connectivity index (χ0v) is 19.4. The van der Waals surface area contributed by atoms with Crippen LogP contribution in [0.2, 0.25) is 0 Å². The SMILES string of the molecule is Cc1cc(Nc2nc(N3CCCC(NC(=O)c4ccc(N)cc4)C3CO)cnc2C(N)=O)sn1. The first-order valence-corrected chi connectivity index (χ1v) is 11.5. The third-order valence-corrected chi connectivity index (χ3v) is 6.41. The number of carbonyl (C=O) groups is 2. The van der Waals surface area contributed by atoms with Gasteiger partial charge in [0.05, 0.1) is 30.6 Å². The minimum Gasteiger partial charge on any atom is -0.399 e. The van der Waals surface area contributed by atoms with Gasteiger partial charge >= 0.3 is 0 Å². The molecule has 0 bridgehead atoms. The van der Waals surface area contributed by atoms with Crippen molar-refractivity contribution in [2.45, 2.75) is 31.8 Å². The number of nitrogens with zero attached hydrogens (tertiary/aromatic N) is 4. The summed E-state index contributed by atoms with van der Waals surface area (Å²) in [4.78, 5) is 35.4. The quantitative estimate of drug-likeness (QED) is 0.312. The molecule has 7 N–H and O–H groups in total. The van der Waals surface area contributed by atoms with Crippen molar-refractivity contribution in [2.24, 2.45) is 5.73 Å². The number of amides is 2. The number of hydrogen-bond acceptors (Lipinski definition) is 10. The molecule has 2 unspecified atom stereocenters. The van der Waals surface area contributed by atoms with E-state index in [-0.39, 0.29) is 30.1 Å². The Labute approximate surface area is 200 Å². The summed E-state index contributed by atoms with van der Waals surface area (Å²) < 4.78 is 4.22. The first kappa shape index (κ1) is 23.4. The fourth-order valence-corrected chi connectivity index (χ4v) is 4.61. The van der Waals surface area contributed by atoms with Gasteiger partial charge in [-0.2, -0.15) is 4.37 Å². The fraction of sp³-hybridized carbons (Fsp3) is 0.318. The maximum atomic E-state index is 12.8. The molecule has 0 saturated carbocycles. The van der Waals surface area contributed by atoms with E-state index in [9.17, 15) is 14.7 Å². The Bertz CT molecular complexity index is 1180. The van der Waals surface area contributed by atoms with Gasteiger partial charge in [-0.3, -0.25) is 9.59 Å². The zero-order valence-electron chi connectivity index (χ0n) is 18.6. The molecule has 0 spiro atoms. The van der Waals surface area contributed by atoms with Crippen LogP contribution in [0, 0.1) is 6.92 Å². The molecule has 178 valence electrons. The van der Waals surface area contributed by atoms with Gasteiger partial charge in [0.2, 0.25) is 0 Å². The molecule has 1 aromatic carbocycles. The van der Waals surface area contributed by atoms with Crippen molar-refractivity contribution in [3.05, 3.63) is 53.5 Å². The van der Waals surface area contributed by atoms with Crippen LogP contribution in [-0.4, -0.2) is 56.5 Å². The molecule has 0 radical (unpaired) electrons. The number of aliphatic hydroxyl groups is 1. The van der Waals surface area contributed by atoms with E-state index in [0.717, 1.165) is 12.1 Å². The van der Waals surface area contributed by atoms with Crippen LogP contribution in [0.1, 0.15) is 39.4 Å². The standard InChI is InChI=1S/C22H26N8O3S/c1-12-9-18(34-29-12)28-21-19(20(24)32)25-10-17(27-21)30-8-2-3-15(16(30)11-31)26-22(33)13-4-6-14(23)7-5-13/h4-7,9-10,15-16,31H,2-3,8,11,23H2,1H3,(H2,24,32)(H,26,33)(H,27,28). The van der Waals surface area contributed by atoms with E-state index in [1.807, 2.05) is 17.9 Å². The summed E-state index contributed by atoms with van der Waals surface area (Å²) >= 11 is 1.23. The van der Waals surface area contributed by atoms with Gasteiger partial charge < -0.3 is 32.1 Å². The summed E-state index contributed by atoms with van der Waals surface area (Å²) in [5.41, 5.74) is 13.1. The number of piperidine rings is 1. The molecular formula is C22H26N8O3S. The molecule has 2 amide bonds. The summed E-state index contributed by atoms with van der Waals surface area (Å²) in [6, 6.07) is 7.73. The molecule has 3 heterocycles. The largest absolute Gasteiger partial charge is 0.399 e. The number of nitrogen functional groups attached to an aromatic ring is 1. The maximum Gasteiger partial charge on any atom is 0.271 e. The number of aliphatic hydroxyl groups excluding tert-OH is 1. The molecule has 11 nitrogen and oxygen atoms in total. The number of aromatic nitrogens is 3. The number of rotatable bonds is 7. The summed E-state index contributed by atoms with van der Waals surface area (Å²) in [7, 11) is 0. The number of primary amides is 1. The minimum atomic E-state index is -0.714. The van der Waals surface area contributed by atoms with Gasteiger partial charge in [0, 0.05) is 17.8 Å². The molecule has 2 atom stereocenters. The Kier molecular flexibility index (Phi) is 6.89. The first-order valence-electron chi connectivity index (χ1n) is 10.8. The summed E-state index contributed by atoms with van der Waals surface area (Å²) in [6.07, 6.45) is 2.91. The average molecular weight is 483 g/mol. The lowest BCUT2D eigenvalue weighted by Crippen LogP contribution is -2.57. The second-order valence-corrected chi connectivity index (χ2v) is 8.84. The average Bonchev–Trinajstić information content (AvgIpc) is 3.23. The predicted molar refractivity (Wildman–Crippen MR) is 130 cm³/mol. The van der Waals surface area contributed by atoms with E-state index in [0.29, 0.717) is 35.0 Å². The lowest BCUT2D eigenvalue weighted by molar-refractivity contribution is 0.0910. The van der Waals surface area contributed by atoms with Crippen molar-refractivity contribution in [1.82, 2.24) is 19.7 Å². The van der Waals surface area contributed by atoms with Crippen LogP contribution in [0.25, 0.3) is 0 Å². The minimum absolute atomic E-state index is 0.000523. The Hall–Kier alpha value is -3.77. The molecular weight excluding hydrogens is 456 g/mol. The van der Waals surface area contributed by atoms with E-state index in [1.165, 1.54) is 17.7 Å². The molecule has 3 aromatic rings. The number of nitrogens with one attached hydrogen (secondary N) is 2. The topological polar surface area (TPSA) is 172 Å². The molecule has 12 heteroatoms. The highest BCUT2D eigenvalue weighted by Gasteiger charge is 2.33. The second-order valence-electron chi connectivity index (χ2n) is 8.03. The lowest BCUT2D eigenvalue weighted by atomic mass is 9.96. The summed E-state index contributed by atoms with van der Waals surface area (Å²) in [5, 5.41) is 17.0. The highest BCUT2D eigenvalue weighted by molar-refractivity contribution is 7.10. The smallest absolute Gasteiger partial charge is 0.271 e. The summed E-state index contributed by atoms with van der Waals surface area (Å²) in [6.45, 7) is 2.25. The van der Waals surface area contributed by atoms with Gasteiger partial charge in [-0.25, -0.2) is 9.97 Å². The van der Waals surface area contributed by atoms with Crippen LogP contribution in [-0.2, 0) is 0 Å². The van der Waals surface area contributed by atoms with Crippen molar-refractivity contribution < 1.29 is 14.7 Å². The van der Waals surface area contributed by atoms with Crippen LogP contribution in [0.15, 0.2) is 36.5 Å². The van der Waals surface area contributed by atoms with Crippen molar-refractivity contribution in [2.75, 3.05) is 29.1 Å². The Morgan fingerprint density at radius 1 is 1.29 bits per heavy atom. The van der Waals surface area contributed by atoms with Crippen molar-refractivity contribution in [3.63, 3.8) is 0 Å². The van der Waals surface area contributed by atoms with Gasteiger partial charge in [0.15, 0.2) is 11.5 Å². The molecule has 1 fully saturated rings. The van der Waals surface area contributed by atoms with E-state index in [4.69, 9.17) is 11.5 Å². The lowest BCUT2D eigenvalue weighted by Gasteiger charge is -2.41. The number of hydrogen-bond donors (Lipinski definition) is 5. The Morgan fingerprint density at radius 3 is 2.71 bits per heavy atom. The van der Waals surface area contributed by atoms with Gasteiger partial charge in [-0.05, 0) is 61.6 Å². The van der Waals surface area contributed by atoms with E-state index < -0.39 is 11.9 Å². The molecule has 0 aliphatic carbocycles. The number of carbonyl (C=O) groups excluding carboxylic acids is 2.